The normalized spacial score (nSPS) is 31.7. The topological polar surface area (TPSA) is 78.4 Å². The molecule has 1 aliphatic carbocycles. The van der Waals surface area contributed by atoms with Crippen LogP contribution in [-0.4, -0.2) is 36.1 Å². The molecule has 5 nitrogen and oxygen atoms in total. The number of carbonyl (C=O) groups is 2. The predicted octanol–water partition coefficient (Wildman–Crippen LogP) is 1.14. The zero-order valence-corrected chi connectivity index (χ0v) is 11.4. The lowest BCUT2D eigenvalue weighted by molar-refractivity contribution is -0.145. The summed E-state index contributed by atoms with van der Waals surface area (Å²) in [6.07, 6.45) is 6.84. The molecule has 1 heterocycles. The van der Waals surface area contributed by atoms with Crippen LogP contribution in [-0.2, 0) is 9.59 Å². The molecule has 1 saturated carbocycles. The lowest BCUT2D eigenvalue weighted by atomic mass is 9.79. The van der Waals surface area contributed by atoms with Crippen molar-refractivity contribution in [3.63, 3.8) is 0 Å². The molecule has 1 aliphatic heterocycles. The molecule has 5 heteroatoms. The molecule has 0 bridgehead atoms. The molecule has 3 atom stereocenters. The molecule has 19 heavy (non-hydrogen) atoms. The molecule has 3 N–H and O–H groups in total. The van der Waals surface area contributed by atoms with Crippen LogP contribution in [0.5, 0.6) is 0 Å². The molecule has 0 aromatic carbocycles. The maximum absolute atomic E-state index is 12.0. The highest BCUT2D eigenvalue weighted by Crippen LogP contribution is 2.29. The molecule has 0 aromatic heterocycles. The molecule has 0 radical (unpaired) electrons. The molecule has 3 unspecified atom stereocenters. The number of hydrogen-bond acceptors (Lipinski definition) is 3. The molecular weight excluding hydrogens is 244 g/mol. The number of carbonyl (C=O) groups excluding carboxylic acids is 1. The molecular formula is C14H24N2O3. The Labute approximate surface area is 114 Å². The minimum Gasteiger partial charge on any atom is -0.481 e. The van der Waals surface area contributed by atoms with Crippen LogP contribution in [0, 0.1) is 11.8 Å². The minimum absolute atomic E-state index is 0.0365. The Balaban J connectivity index is 1.79. The summed E-state index contributed by atoms with van der Waals surface area (Å²) in [4.78, 5) is 23.2. The Morgan fingerprint density at radius 1 is 1.11 bits per heavy atom. The summed E-state index contributed by atoms with van der Waals surface area (Å²) in [5, 5.41) is 15.4. The maximum Gasteiger partial charge on any atom is 0.306 e. The Hall–Kier alpha value is -1.10. The van der Waals surface area contributed by atoms with Crippen LogP contribution < -0.4 is 10.6 Å². The third kappa shape index (κ3) is 3.93. The monoisotopic (exact) mass is 268 g/mol. The van der Waals surface area contributed by atoms with Gasteiger partial charge in [0.05, 0.1) is 12.0 Å². The second-order valence-electron chi connectivity index (χ2n) is 5.74. The van der Waals surface area contributed by atoms with Crippen LogP contribution in [0.4, 0.5) is 0 Å². The fourth-order valence-electron chi connectivity index (χ4n) is 3.21. The number of piperidine rings is 1. The molecule has 0 aromatic rings. The summed E-state index contributed by atoms with van der Waals surface area (Å²) in [6, 6.07) is -0.0828. The highest BCUT2D eigenvalue weighted by atomic mass is 16.4. The predicted molar refractivity (Wildman–Crippen MR) is 71.7 cm³/mol. The number of rotatable bonds is 4. The number of carboxylic acids is 1. The van der Waals surface area contributed by atoms with E-state index in [0.29, 0.717) is 6.54 Å². The summed E-state index contributed by atoms with van der Waals surface area (Å²) in [5.74, 6) is -0.865. The van der Waals surface area contributed by atoms with Crippen molar-refractivity contribution in [2.75, 3.05) is 13.1 Å². The summed E-state index contributed by atoms with van der Waals surface area (Å²) < 4.78 is 0. The number of aliphatic carboxylic acids is 1. The van der Waals surface area contributed by atoms with Crippen molar-refractivity contribution in [1.29, 1.82) is 0 Å². The van der Waals surface area contributed by atoms with Gasteiger partial charge in [-0.25, -0.2) is 0 Å². The van der Waals surface area contributed by atoms with Crippen molar-refractivity contribution in [1.82, 2.24) is 10.6 Å². The van der Waals surface area contributed by atoms with Gasteiger partial charge in [-0.05, 0) is 38.1 Å². The van der Waals surface area contributed by atoms with Crippen molar-refractivity contribution >= 4 is 11.9 Å². The quantitative estimate of drug-likeness (QED) is 0.714. The van der Waals surface area contributed by atoms with E-state index in [1.54, 1.807) is 0 Å². The van der Waals surface area contributed by atoms with Crippen LogP contribution in [0.3, 0.4) is 0 Å². The first-order chi connectivity index (χ1) is 9.18. The Kier molecular flexibility index (Phi) is 5.19. The fraction of sp³-hybridized carbons (Fsp3) is 0.857. The van der Waals surface area contributed by atoms with Gasteiger partial charge in [-0.15, -0.1) is 0 Å². The minimum atomic E-state index is -0.713. The van der Waals surface area contributed by atoms with Gasteiger partial charge in [0.25, 0.3) is 0 Å². The SMILES string of the molecule is O=C(NCC1CCCCC1C(=O)O)C1CCCCN1. The average molecular weight is 268 g/mol. The van der Waals surface area contributed by atoms with Gasteiger partial charge < -0.3 is 15.7 Å². The number of hydrogen-bond donors (Lipinski definition) is 3. The van der Waals surface area contributed by atoms with Crippen molar-refractivity contribution in [3.05, 3.63) is 0 Å². The highest BCUT2D eigenvalue weighted by molar-refractivity contribution is 5.81. The van der Waals surface area contributed by atoms with Crippen molar-refractivity contribution in [2.24, 2.45) is 11.8 Å². The Morgan fingerprint density at radius 3 is 2.53 bits per heavy atom. The van der Waals surface area contributed by atoms with Gasteiger partial charge in [-0.2, -0.15) is 0 Å². The van der Waals surface area contributed by atoms with Crippen LogP contribution in [0.2, 0.25) is 0 Å². The molecule has 0 spiro atoms. The first kappa shape index (κ1) is 14.3. The second kappa shape index (κ2) is 6.89. The van der Waals surface area contributed by atoms with E-state index in [0.717, 1.165) is 51.5 Å². The molecule has 2 aliphatic rings. The van der Waals surface area contributed by atoms with Crippen LogP contribution in [0.25, 0.3) is 0 Å². The van der Waals surface area contributed by atoms with Gasteiger partial charge in [0.2, 0.25) is 5.91 Å². The van der Waals surface area contributed by atoms with E-state index in [4.69, 9.17) is 0 Å². The zero-order valence-electron chi connectivity index (χ0n) is 11.4. The average Bonchev–Trinajstić information content (AvgIpc) is 2.46. The van der Waals surface area contributed by atoms with E-state index in [1.807, 2.05) is 0 Å². The van der Waals surface area contributed by atoms with E-state index < -0.39 is 5.97 Å². The van der Waals surface area contributed by atoms with Gasteiger partial charge in [-0.3, -0.25) is 9.59 Å². The standard InChI is InChI=1S/C14H24N2O3/c17-13(12-7-3-4-8-15-12)16-9-10-5-1-2-6-11(10)14(18)19/h10-12,15H,1-9H2,(H,16,17)(H,18,19). The second-order valence-corrected chi connectivity index (χ2v) is 5.74. The molecule has 108 valence electrons. The number of nitrogens with one attached hydrogen (secondary N) is 2. The van der Waals surface area contributed by atoms with Crippen molar-refractivity contribution in [2.45, 2.75) is 51.0 Å². The van der Waals surface area contributed by atoms with Crippen LogP contribution >= 0.6 is 0 Å². The van der Waals surface area contributed by atoms with E-state index in [9.17, 15) is 14.7 Å². The van der Waals surface area contributed by atoms with Crippen LogP contribution in [0.1, 0.15) is 44.9 Å². The van der Waals surface area contributed by atoms with Crippen molar-refractivity contribution in [3.8, 4) is 0 Å². The smallest absolute Gasteiger partial charge is 0.306 e. The highest BCUT2D eigenvalue weighted by Gasteiger charge is 2.31. The summed E-state index contributed by atoms with van der Waals surface area (Å²) in [7, 11) is 0. The summed E-state index contributed by atoms with van der Waals surface area (Å²) in [5.41, 5.74) is 0. The van der Waals surface area contributed by atoms with Gasteiger partial charge in [-0.1, -0.05) is 19.3 Å². The fourth-order valence-corrected chi connectivity index (χ4v) is 3.21. The Bertz CT molecular complexity index is 327. The van der Waals surface area contributed by atoms with Gasteiger partial charge in [0, 0.05) is 6.54 Å². The first-order valence-corrected chi connectivity index (χ1v) is 7.42. The van der Waals surface area contributed by atoms with Crippen molar-refractivity contribution < 1.29 is 14.7 Å². The zero-order chi connectivity index (χ0) is 13.7. The van der Waals surface area contributed by atoms with Gasteiger partial charge in [0.1, 0.15) is 0 Å². The van der Waals surface area contributed by atoms with Crippen LogP contribution in [0.15, 0.2) is 0 Å². The first-order valence-electron chi connectivity index (χ1n) is 7.42. The van der Waals surface area contributed by atoms with Gasteiger partial charge in [0.15, 0.2) is 0 Å². The summed E-state index contributed by atoms with van der Waals surface area (Å²) >= 11 is 0. The third-order valence-electron chi connectivity index (χ3n) is 4.39. The Morgan fingerprint density at radius 2 is 1.84 bits per heavy atom. The van der Waals surface area contributed by atoms with E-state index in [-0.39, 0.29) is 23.8 Å². The lowest BCUT2D eigenvalue weighted by Gasteiger charge is -2.29. The van der Waals surface area contributed by atoms with E-state index >= 15 is 0 Å². The molecule has 1 amide bonds. The largest absolute Gasteiger partial charge is 0.481 e. The van der Waals surface area contributed by atoms with E-state index in [1.165, 1.54) is 0 Å². The third-order valence-corrected chi connectivity index (χ3v) is 4.39. The van der Waals surface area contributed by atoms with Gasteiger partial charge >= 0.3 is 5.97 Å². The number of amides is 1. The number of carboxylic acid groups (broad SMARTS) is 1. The summed E-state index contributed by atoms with van der Waals surface area (Å²) in [6.45, 7) is 1.41. The lowest BCUT2D eigenvalue weighted by Crippen LogP contribution is -2.48. The van der Waals surface area contributed by atoms with E-state index in [2.05, 4.69) is 10.6 Å². The molecule has 2 fully saturated rings. The molecule has 2 rings (SSSR count). The molecule has 1 saturated heterocycles. The maximum atomic E-state index is 12.0.